The second-order valence-electron chi connectivity index (χ2n) is 2.84. The van der Waals surface area contributed by atoms with Gasteiger partial charge in [-0.05, 0) is 18.8 Å². The molecule has 1 nitrogen and oxygen atoms in total. The Morgan fingerprint density at radius 3 is 2.60 bits per heavy atom. The van der Waals surface area contributed by atoms with Crippen LogP contribution in [0.5, 0.6) is 0 Å². The SMILES string of the molecule is S=C(S)NCC1CCCC1. The Balaban J connectivity index is 2.07. The number of hydrogen-bond acceptors (Lipinski definition) is 1. The van der Waals surface area contributed by atoms with Crippen molar-refractivity contribution in [3.05, 3.63) is 0 Å². The Morgan fingerprint density at radius 1 is 1.50 bits per heavy atom. The fourth-order valence-electron chi connectivity index (χ4n) is 1.45. The maximum Gasteiger partial charge on any atom is 0.130 e. The fourth-order valence-corrected chi connectivity index (χ4v) is 1.62. The highest BCUT2D eigenvalue weighted by Crippen LogP contribution is 2.23. The first-order valence-corrected chi connectivity index (χ1v) is 4.61. The molecule has 0 bridgehead atoms. The molecule has 0 aromatic heterocycles. The number of nitrogens with one attached hydrogen (secondary N) is 1. The monoisotopic (exact) mass is 175 g/mol. The van der Waals surface area contributed by atoms with Gasteiger partial charge in [0.25, 0.3) is 0 Å². The number of thiol groups is 1. The van der Waals surface area contributed by atoms with Crippen LogP contribution in [0.2, 0.25) is 0 Å². The highest BCUT2D eigenvalue weighted by molar-refractivity contribution is 8.11. The molecule has 0 aliphatic heterocycles. The smallest absolute Gasteiger partial charge is 0.130 e. The van der Waals surface area contributed by atoms with Gasteiger partial charge >= 0.3 is 0 Å². The normalized spacial score (nSPS) is 19.3. The number of thiocarbonyl (C=S) groups is 1. The molecule has 1 saturated carbocycles. The molecule has 0 radical (unpaired) electrons. The van der Waals surface area contributed by atoms with Gasteiger partial charge in [-0.1, -0.05) is 25.1 Å². The maximum atomic E-state index is 4.78. The molecule has 0 amide bonds. The molecular formula is C7H13NS2. The van der Waals surface area contributed by atoms with Gasteiger partial charge in [0.1, 0.15) is 4.32 Å². The summed E-state index contributed by atoms with van der Waals surface area (Å²) in [6.07, 6.45) is 5.52. The molecule has 1 aliphatic rings. The van der Waals surface area contributed by atoms with E-state index in [1.54, 1.807) is 0 Å². The molecule has 1 N–H and O–H groups in total. The van der Waals surface area contributed by atoms with E-state index in [9.17, 15) is 0 Å². The fraction of sp³-hybridized carbons (Fsp3) is 0.857. The Morgan fingerprint density at radius 2 is 2.10 bits per heavy atom. The third-order valence-corrected chi connectivity index (χ3v) is 2.32. The van der Waals surface area contributed by atoms with E-state index in [2.05, 4.69) is 17.9 Å². The van der Waals surface area contributed by atoms with Crippen LogP contribution in [0.4, 0.5) is 0 Å². The van der Waals surface area contributed by atoms with E-state index < -0.39 is 0 Å². The van der Waals surface area contributed by atoms with Gasteiger partial charge in [0.2, 0.25) is 0 Å². The maximum absolute atomic E-state index is 4.78. The Bertz CT molecular complexity index is 119. The molecule has 1 fully saturated rings. The highest BCUT2D eigenvalue weighted by atomic mass is 32.1. The molecule has 0 atom stereocenters. The van der Waals surface area contributed by atoms with E-state index in [1.807, 2.05) is 0 Å². The van der Waals surface area contributed by atoms with E-state index in [0.29, 0.717) is 4.32 Å². The van der Waals surface area contributed by atoms with Crippen molar-refractivity contribution in [2.24, 2.45) is 5.92 Å². The van der Waals surface area contributed by atoms with Crippen LogP contribution >= 0.6 is 24.8 Å². The van der Waals surface area contributed by atoms with Crippen LogP contribution in [0.25, 0.3) is 0 Å². The van der Waals surface area contributed by atoms with Crippen LogP contribution < -0.4 is 5.32 Å². The average Bonchev–Trinajstić information content (AvgIpc) is 2.34. The summed E-state index contributed by atoms with van der Waals surface area (Å²) in [4.78, 5) is 0. The zero-order valence-electron chi connectivity index (χ0n) is 5.97. The molecule has 3 heteroatoms. The summed E-state index contributed by atoms with van der Waals surface area (Å²) in [7, 11) is 0. The van der Waals surface area contributed by atoms with Crippen LogP contribution in [0, 0.1) is 5.92 Å². The van der Waals surface area contributed by atoms with Crippen LogP contribution in [-0.2, 0) is 0 Å². The van der Waals surface area contributed by atoms with Crippen molar-refractivity contribution < 1.29 is 0 Å². The summed E-state index contributed by atoms with van der Waals surface area (Å²) < 4.78 is 0.631. The highest BCUT2D eigenvalue weighted by Gasteiger charge is 2.13. The predicted molar refractivity (Wildman–Crippen MR) is 51.5 cm³/mol. The van der Waals surface area contributed by atoms with E-state index >= 15 is 0 Å². The summed E-state index contributed by atoms with van der Waals surface area (Å²) in [6.45, 7) is 1.03. The van der Waals surface area contributed by atoms with E-state index in [-0.39, 0.29) is 0 Å². The minimum absolute atomic E-state index is 0.631. The summed E-state index contributed by atoms with van der Waals surface area (Å²) in [5.74, 6) is 0.852. The summed E-state index contributed by atoms with van der Waals surface area (Å²) in [5.41, 5.74) is 0. The molecule has 10 heavy (non-hydrogen) atoms. The van der Waals surface area contributed by atoms with Gasteiger partial charge < -0.3 is 5.32 Å². The minimum Gasteiger partial charge on any atom is -0.371 e. The van der Waals surface area contributed by atoms with Crippen molar-refractivity contribution in [2.75, 3.05) is 6.54 Å². The average molecular weight is 175 g/mol. The molecule has 0 unspecified atom stereocenters. The molecule has 0 aromatic rings. The third-order valence-electron chi connectivity index (χ3n) is 2.02. The van der Waals surface area contributed by atoms with Gasteiger partial charge in [-0.15, -0.1) is 12.6 Å². The second-order valence-corrected chi connectivity index (χ2v) is 3.99. The predicted octanol–water partition coefficient (Wildman–Crippen LogP) is 1.98. The first kappa shape index (κ1) is 8.34. The first-order valence-electron chi connectivity index (χ1n) is 3.76. The molecule has 1 rings (SSSR count). The van der Waals surface area contributed by atoms with Crippen molar-refractivity contribution in [3.63, 3.8) is 0 Å². The van der Waals surface area contributed by atoms with Crippen molar-refractivity contribution >= 4 is 29.2 Å². The number of rotatable bonds is 2. The molecule has 0 spiro atoms. The van der Waals surface area contributed by atoms with Crippen molar-refractivity contribution in [1.82, 2.24) is 5.32 Å². The van der Waals surface area contributed by atoms with Crippen LogP contribution in [0.15, 0.2) is 0 Å². The second kappa shape index (κ2) is 4.19. The summed E-state index contributed by atoms with van der Waals surface area (Å²) >= 11 is 8.77. The zero-order chi connectivity index (χ0) is 7.40. The van der Waals surface area contributed by atoms with E-state index in [4.69, 9.17) is 12.2 Å². The Labute approximate surface area is 73.0 Å². The van der Waals surface area contributed by atoms with E-state index in [1.165, 1.54) is 25.7 Å². The van der Waals surface area contributed by atoms with Gasteiger partial charge in [-0.2, -0.15) is 0 Å². The lowest BCUT2D eigenvalue weighted by Crippen LogP contribution is -2.22. The zero-order valence-corrected chi connectivity index (χ0v) is 7.68. The van der Waals surface area contributed by atoms with Gasteiger partial charge in [0.05, 0.1) is 0 Å². The van der Waals surface area contributed by atoms with Gasteiger partial charge in [0.15, 0.2) is 0 Å². The summed E-state index contributed by atoms with van der Waals surface area (Å²) in [5, 5.41) is 3.08. The summed E-state index contributed by atoms with van der Waals surface area (Å²) in [6, 6.07) is 0. The standard InChI is InChI=1S/C7H13NS2/c9-7(10)8-5-6-3-1-2-4-6/h6H,1-5H2,(H2,8,9,10). The van der Waals surface area contributed by atoms with Crippen LogP contribution in [0.1, 0.15) is 25.7 Å². The molecule has 1 aliphatic carbocycles. The third kappa shape index (κ3) is 2.88. The van der Waals surface area contributed by atoms with Crippen LogP contribution in [0.3, 0.4) is 0 Å². The number of hydrogen-bond donors (Lipinski definition) is 2. The lowest BCUT2D eigenvalue weighted by molar-refractivity contribution is 0.539. The minimum atomic E-state index is 0.631. The molecule has 0 saturated heterocycles. The van der Waals surface area contributed by atoms with Crippen molar-refractivity contribution in [3.8, 4) is 0 Å². The van der Waals surface area contributed by atoms with E-state index in [0.717, 1.165) is 12.5 Å². The Kier molecular flexibility index (Phi) is 3.49. The molecule has 0 aromatic carbocycles. The topological polar surface area (TPSA) is 12.0 Å². The van der Waals surface area contributed by atoms with Crippen molar-refractivity contribution in [1.29, 1.82) is 0 Å². The quantitative estimate of drug-likeness (QED) is 0.492. The lowest BCUT2D eigenvalue weighted by atomic mass is 10.1. The first-order chi connectivity index (χ1) is 4.79. The van der Waals surface area contributed by atoms with Gasteiger partial charge in [-0.3, -0.25) is 0 Å². The van der Waals surface area contributed by atoms with Gasteiger partial charge in [0, 0.05) is 6.54 Å². The van der Waals surface area contributed by atoms with Crippen LogP contribution in [-0.4, -0.2) is 10.9 Å². The van der Waals surface area contributed by atoms with Gasteiger partial charge in [-0.25, -0.2) is 0 Å². The lowest BCUT2D eigenvalue weighted by Gasteiger charge is -2.08. The molecular weight excluding hydrogens is 162 g/mol. The molecule has 0 heterocycles. The van der Waals surface area contributed by atoms with Crippen molar-refractivity contribution in [2.45, 2.75) is 25.7 Å². The largest absolute Gasteiger partial charge is 0.371 e. The Hall–Kier alpha value is 0.240. The molecule has 58 valence electrons.